The number of carbonyl (C=O) groups excluding carboxylic acids is 1. The van der Waals surface area contributed by atoms with Crippen LogP contribution in [-0.2, 0) is 6.54 Å². The highest BCUT2D eigenvalue weighted by molar-refractivity contribution is 5.97. The van der Waals surface area contributed by atoms with Gasteiger partial charge in [0.1, 0.15) is 11.6 Å². The molecule has 1 aromatic carbocycles. The number of rotatable bonds is 4. The summed E-state index contributed by atoms with van der Waals surface area (Å²) < 4.78 is 4.11. The number of aromatic nitrogens is 4. The van der Waals surface area contributed by atoms with Gasteiger partial charge < -0.3 is 19.6 Å². The number of aliphatic hydroxyl groups is 1. The third-order valence-electron chi connectivity index (χ3n) is 5.63. The van der Waals surface area contributed by atoms with Crippen LogP contribution in [0.1, 0.15) is 47.8 Å². The fourth-order valence-corrected chi connectivity index (χ4v) is 4.20. The first-order valence-corrected chi connectivity index (χ1v) is 9.45. The molecule has 27 heavy (non-hydrogen) atoms. The maximum Gasteiger partial charge on any atom is 0.251 e. The lowest BCUT2D eigenvalue weighted by atomic mass is 10.1. The van der Waals surface area contributed by atoms with Gasteiger partial charge in [0.05, 0.1) is 29.2 Å². The first kappa shape index (κ1) is 17.7. The molecule has 0 radical (unpaired) electrons. The van der Waals surface area contributed by atoms with Crippen LogP contribution >= 0.6 is 0 Å². The molecule has 1 aliphatic rings. The number of fused-ring (bicyclic) bond motifs is 1. The molecule has 4 rings (SSSR count). The van der Waals surface area contributed by atoms with E-state index in [4.69, 9.17) is 0 Å². The van der Waals surface area contributed by atoms with Crippen LogP contribution < -0.4 is 5.32 Å². The molecule has 7 heteroatoms. The number of imidazole rings is 2. The van der Waals surface area contributed by atoms with Crippen molar-refractivity contribution in [2.45, 2.75) is 58.3 Å². The van der Waals surface area contributed by atoms with Crippen LogP contribution in [0.3, 0.4) is 0 Å². The van der Waals surface area contributed by atoms with Crippen LogP contribution in [0.5, 0.6) is 0 Å². The van der Waals surface area contributed by atoms with E-state index in [1.807, 2.05) is 42.8 Å². The Morgan fingerprint density at radius 2 is 2.11 bits per heavy atom. The zero-order valence-electron chi connectivity index (χ0n) is 15.9. The van der Waals surface area contributed by atoms with Crippen molar-refractivity contribution in [3.05, 3.63) is 47.8 Å². The van der Waals surface area contributed by atoms with E-state index in [0.717, 1.165) is 42.1 Å². The average molecular weight is 367 g/mol. The van der Waals surface area contributed by atoms with Crippen molar-refractivity contribution in [1.29, 1.82) is 0 Å². The molecule has 0 aliphatic heterocycles. The highest BCUT2D eigenvalue weighted by Gasteiger charge is 2.37. The van der Waals surface area contributed by atoms with Gasteiger partial charge in [0.2, 0.25) is 0 Å². The van der Waals surface area contributed by atoms with Crippen molar-refractivity contribution in [2.75, 3.05) is 0 Å². The number of hydrogen-bond donors (Lipinski definition) is 2. The summed E-state index contributed by atoms with van der Waals surface area (Å²) in [5.41, 5.74) is 2.42. The Bertz CT molecular complexity index is 990. The van der Waals surface area contributed by atoms with Gasteiger partial charge in [-0.15, -0.1) is 0 Å². The van der Waals surface area contributed by atoms with Gasteiger partial charge in [-0.1, -0.05) is 0 Å². The third kappa shape index (κ3) is 3.02. The smallest absolute Gasteiger partial charge is 0.251 e. The Morgan fingerprint density at radius 3 is 2.81 bits per heavy atom. The number of aliphatic hydroxyl groups excluding tert-OH is 1. The van der Waals surface area contributed by atoms with E-state index in [-0.39, 0.29) is 18.0 Å². The molecule has 1 saturated carbocycles. The van der Waals surface area contributed by atoms with Crippen LogP contribution in [0.4, 0.5) is 0 Å². The highest BCUT2D eigenvalue weighted by Crippen LogP contribution is 2.31. The molecule has 7 nitrogen and oxygen atoms in total. The standard InChI is InChI=1S/C20H25N5O2/c1-4-24-13(3)22-16-11-14(5-7-17(16)24)20(27)23-15-6-8-18(19(15)26)25-10-9-21-12(25)2/h5,7,9-11,15,18-19,26H,4,6,8H2,1-3H3,(H,23,27)/t15-,18-,19-/m1/s1. The molecule has 0 saturated heterocycles. The largest absolute Gasteiger partial charge is 0.389 e. The minimum Gasteiger partial charge on any atom is -0.389 e. The van der Waals surface area contributed by atoms with Gasteiger partial charge >= 0.3 is 0 Å². The molecule has 2 heterocycles. The summed E-state index contributed by atoms with van der Waals surface area (Å²) in [6.07, 6.45) is 4.53. The summed E-state index contributed by atoms with van der Waals surface area (Å²) in [5, 5.41) is 13.7. The lowest BCUT2D eigenvalue weighted by molar-refractivity contribution is 0.0812. The van der Waals surface area contributed by atoms with Gasteiger partial charge in [0.15, 0.2) is 0 Å². The molecule has 3 atom stereocenters. The lowest BCUT2D eigenvalue weighted by Gasteiger charge is -2.22. The Labute approximate surface area is 158 Å². The number of nitrogens with zero attached hydrogens (tertiary/aromatic N) is 4. The van der Waals surface area contributed by atoms with Gasteiger partial charge in [0, 0.05) is 24.5 Å². The van der Waals surface area contributed by atoms with E-state index < -0.39 is 6.10 Å². The lowest BCUT2D eigenvalue weighted by Crippen LogP contribution is -2.42. The number of hydrogen-bond acceptors (Lipinski definition) is 4. The van der Waals surface area contributed by atoms with Crippen LogP contribution in [-0.4, -0.2) is 42.3 Å². The van der Waals surface area contributed by atoms with Crippen molar-refractivity contribution < 1.29 is 9.90 Å². The second-order valence-electron chi connectivity index (χ2n) is 7.20. The zero-order chi connectivity index (χ0) is 19.1. The van der Waals surface area contributed by atoms with Crippen molar-refractivity contribution in [2.24, 2.45) is 0 Å². The minimum absolute atomic E-state index is 0.0526. The van der Waals surface area contributed by atoms with Gasteiger partial charge in [0.25, 0.3) is 5.91 Å². The number of aryl methyl sites for hydroxylation is 3. The summed E-state index contributed by atoms with van der Waals surface area (Å²) in [7, 11) is 0. The first-order chi connectivity index (χ1) is 13.0. The minimum atomic E-state index is -0.632. The van der Waals surface area contributed by atoms with Gasteiger partial charge in [-0.3, -0.25) is 4.79 Å². The van der Waals surface area contributed by atoms with E-state index in [0.29, 0.717) is 5.56 Å². The Morgan fingerprint density at radius 1 is 1.30 bits per heavy atom. The van der Waals surface area contributed by atoms with Crippen molar-refractivity contribution in [3.63, 3.8) is 0 Å². The van der Waals surface area contributed by atoms with E-state index in [1.54, 1.807) is 6.20 Å². The molecule has 1 amide bonds. The molecule has 0 spiro atoms. The van der Waals surface area contributed by atoms with Gasteiger partial charge in [-0.25, -0.2) is 9.97 Å². The highest BCUT2D eigenvalue weighted by atomic mass is 16.3. The van der Waals surface area contributed by atoms with Crippen molar-refractivity contribution in [3.8, 4) is 0 Å². The fourth-order valence-electron chi connectivity index (χ4n) is 4.20. The number of carbonyl (C=O) groups is 1. The Balaban J connectivity index is 1.51. The monoisotopic (exact) mass is 367 g/mol. The molecular weight excluding hydrogens is 342 g/mol. The second kappa shape index (κ2) is 6.81. The van der Waals surface area contributed by atoms with Gasteiger partial charge in [-0.05, 0) is 51.8 Å². The number of benzene rings is 1. The maximum absolute atomic E-state index is 12.7. The predicted molar refractivity (Wildman–Crippen MR) is 103 cm³/mol. The second-order valence-corrected chi connectivity index (χ2v) is 7.20. The van der Waals surface area contributed by atoms with Crippen molar-refractivity contribution >= 4 is 16.9 Å². The summed E-state index contributed by atoms with van der Waals surface area (Å²) in [6.45, 7) is 6.81. The fraction of sp³-hybridized carbons (Fsp3) is 0.450. The zero-order valence-corrected chi connectivity index (χ0v) is 15.9. The maximum atomic E-state index is 12.7. The molecule has 2 aromatic heterocycles. The number of nitrogens with one attached hydrogen (secondary N) is 1. The molecule has 0 bridgehead atoms. The molecule has 2 N–H and O–H groups in total. The normalized spacial score (nSPS) is 22.4. The van der Waals surface area contributed by atoms with Crippen LogP contribution in [0.2, 0.25) is 0 Å². The summed E-state index contributed by atoms with van der Waals surface area (Å²) >= 11 is 0. The molecule has 1 aliphatic carbocycles. The van der Waals surface area contributed by atoms with Crippen LogP contribution in [0.15, 0.2) is 30.6 Å². The van der Waals surface area contributed by atoms with E-state index in [9.17, 15) is 9.90 Å². The SMILES string of the molecule is CCn1c(C)nc2cc(C(=O)N[C@@H]3CC[C@@H](n4ccnc4C)[C@@H]3O)ccc21. The first-order valence-electron chi connectivity index (χ1n) is 9.45. The molecule has 3 aromatic rings. The van der Waals surface area contributed by atoms with Gasteiger partial charge in [-0.2, -0.15) is 0 Å². The van der Waals surface area contributed by atoms with Crippen LogP contribution in [0, 0.1) is 13.8 Å². The third-order valence-corrected chi connectivity index (χ3v) is 5.63. The molecule has 1 fully saturated rings. The average Bonchev–Trinajstić information content (AvgIpc) is 3.31. The number of amides is 1. The summed E-state index contributed by atoms with van der Waals surface area (Å²) in [4.78, 5) is 21.5. The van der Waals surface area contributed by atoms with E-state index in [1.165, 1.54) is 0 Å². The van der Waals surface area contributed by atoms with Crippen LogP contribution in [0.25, 0.3) is 11.0 Å². The molecule has 142 valence electrons. The predicted octanol–water partition coefficient (Wildman–Crippen LogP) is 2.36. The van der Waals surface area contributed by atoms with Crippen molar-refractivity contribution in [1.82, 2.24) is 24.4 Å². The van der Waals surface area contributed by atoms with E-state index >= 15 is 0 Å². The Kier molecular flexibility index (Phi) is 4.47. The molecule has 0 unspecified atom stereocenters. The van der Waals surface area contributed by atoms with E-state index in [2.05, 4.69) is 26.8 Å². The molecular formula is C20H25N5O2. The Hall–Kier alpha value is -2.67. The quantitative estimate of drug-likeness (QED) is 0.741. The topological polar surface area (TPSA) is 85.0 Å². The summed E-state index contributed by atoms with van der Waals surface area (Å²) in [5.74, 6) is 1.64. The summed E-state index contributed by atoms with van der Waals surface area (Å²) in [6, 6.07) is 5.27.